The smallest absolute Gasteiger partial charge is 0.310 e. The number of hydrogen-bond donors (Lipinski definition) is 2. The summed E-state index contributed by atoms with van der Waals surface area (Å²) >= 11 is 0. The molecule has 0 bridgehead atoms. The summed E-state index contributed by atoms with van der Waals surface area (Å²) < 4.78 is 5.45. The Labute approximate surface area is 233 Å². The number of nitrogens with one attached hydrogen (secondary N) is 1. The standard InChI is InChI=1S/C31H47N3O5/c1-7-12-21-13-18-24-27(26(21)31(38)39-11-5)30(37)34(25(19-35)20(6)8-2)28(24)29(36)32-22-14-16-23(17-15-22)33(9-3)10-4/h13-18,20-21,24-28,35H,7-12,19H2,1-6H3,(H,32,36)/t20-,21+,24-,25-,26+,27+,28-/m0/s1. The first-order valence-electron chi connectivity index (χ1n) is 14.7. The van der Waals surface area contributed by atoms with E-state index < -0.39 is 29.8 Å². The second kappa shape index (κ2) is 14.0. The van der Waals surface area contributed by atoms with Crippen molar-refractivity contribution < 1.29 is 24.2 Å². The van der Waals surface area contributed by atoms with Crippen LogP contribution in [0.1, 0.15) is 60.8 Å². The van der Waals surface area contributed by atoms with E-state index in [9.17, 15) is 19.5 Å². The monoisotopic (exact) mass is 541 g/mol. The van der Waals surface area contributed by atoms with Gasteiger partial charge in [0.1, 0.15) is 6.04 Å². The van der Waals surface area contributed by atoms with Crippen LogP contribution in [0.5, 0.6) is 0 Å². The number of anilines is 2. The Morgan fingerprint density at radius 1 is 1.08 bits per heavy atom. The van der Waals surface area contributed by atoms with Crippen molar-refractivity contribution >= 4 is 29.2 Å². The minimum atomic E-state index is -0.841. The van der Waals surface area contributed by atoms with E-state index in [1.165, 1.54) is 0 Å². The number of nitrogens with zero attached hydrogens (tertiary/aromatic N) is 2. The van der Waals surface area contributed by atoms with E-state index in [1.54, 1.807) is 11.8 Å². The number of fused-ring (bicyclic) bond motifs is 1. The Bertz CT molecular complexity index is 1010. The van der Waals surface area contributed by atoms with Crippen molar-refractivity contribution in [3.63, 3.8) is 0 Å². The van der Waals surface area contributed by atoms with Crippen molar-refractivity contribution in [3.05, 3.63) is 36.4 Å². The van der Waals surface area contributed by atoms with Crippen LogP contribution in [-0.2, 0) is 19.1 Å². The minimum absolute atomic E-state index is 0.0285. The van der Waals surface area contributed by atoms with Crippen LogP contribution in [0.4, 0.5) is 11.4 Å². The number of aliphatic hydroxyl groups is 1. The molecule has 3 rings (SSSR count). The molecule has 7 atom stereocenters. The van der Waals surface area contributed by atoms with Crippen LogP contribution in [-0.4, -0.2) is 66.2 Å². The highest BCUT2D eigenvalue weighted by Gasteiger charge is 2.59. The molecule has 0 radical (unpaired) electrons. The average molecular weight is 542 g/mol. The molecular formula is C31H47N3O5. The molecule has 0 unspecified atom stereocenters. The van der Waals surface area contributed by atoms with Gasteiger partial charge in [-0.15, -0.1) is 0 Å². The van der Waals surface area contributed by atoms with Crippen LogP contribution >= 0.6 is 0 Å². The predicted octanol–water partition coefficient (Wildman–Crippen LogP) is 4.49. The van der Waals surface area contributed by atoms with Crippen LogP contribution in [0.15, 0.2) is 36.4 Å². The Morgan fingerprint density at radius 3 is 2.28 bits per heavy atom. The molecule has 0 saturated carbocycles. The Balaban J connectivity index is 2.01. The maximum absolute atomic E-state index is 14.2. The number of likely N-dealkylation sites (tertiary alicyclic amines) is 1. The average Bonchev–Trinajstić information content (AvgIpc) is 3.22. The van der Waals surface area contributed by atoms with E-state index in [-0.39, 0.29) is 42.8 Å². The summed E-state index contributed by atoms with van der Waals surface area (Å²) in [7, 11) is 0. The second-order valence-corrected chi connectivity index (χ2v) is 10.8. The van der Waals surface area contributed by atoms with Gasteiger partial charge in [-0.3, -0.25) is 14.4 Å². The normalized spacial score (nSPS) is 25.7. The first-order valence-corrected chi connectivity index (χ1v) is 14.7. The molecule has 1 fully saturated rings. The van der Waals surface area contributed by atoms with Crippen LogP contribution in [0, 0.1) is 29.6 Å². The fourth-order valence-electron chi connectivity index (χ4n) is 6.35. The molecule has 1 aromatic rings. The highest BCUT2D eigenvalue weighted by Crippen LogP contribution is 2.47. The van der Waals surface area contributed by atoms with Gasteiger partial charge in [-0.05, 0) is 63.3 Å². The lowest BCUT2D eigenvalue weighted by Gasteiger charge is -2.36. The first kappa shape index (κ1) is 30.7. The highest BCUT2D eigenvalue weighted by molar-refractivity contribution is 6.02. The maximum Gasteiger partial charge on any atom is 0.310 e. The molecule has 2 amide bonds. The molecule has 0 aromatic heterocycles. The lowest BCUT2D eigenvalue weighted by molar-refractivity contribution is -0.156. The second-order valence-electron chi connectivity index (χ2n) is 10.8. The van der Waals surface area contributed by atoms with Gasteiger partial charge in [0.25, 0.3) is 0 Å². The molecule has 2 aliphatic rings. The summed E-state index contributed by atoms with van der Waals surface area (Å²) in [5, 5.41) is 13.4. The number of aliphatic hydroxyl groups excluding tert-OH is 1. The third kappa shape index (κ3) is 6.32. The topological polar surface area (TPSA) is 99.2 Å². The first-order chi connectivity index (χ1) is 18.8. The van der Waals surface area contributed by atoms with Gasteiger partial charge in [0.15, 0.2) is 0 Å². The molecule has 39 heavy (non-hydrogen) atoms. The quantitative estimate of drug-likeness (QED) is 0.282. The van der Waals surface area contributed by atoms with Crippen LogP contribution in [0.25, 0.3) is 0 Å². The Hall–Kier alpha value is -2.87. The van der Waals surface area contributed by atoms with Gasteiger partial charge in [0.05, 0.1) is 31.1 Å². The van der Waals surface area contributed by atoms with Gasteiger partial charge in [0, 0.05) is 30.4 Å². The van der Waals surface area contributed by atoms with Crippen LogP contribution in [0.3, 0.4) is 0 Å². The molecule has 1 aromatic carbocycles. The SMILES string of the molecule is CCC[C@@H]1C=C[C@H]2[C@@H](C(=O)N([C@@H](CO)[C@@H](C)CC)[C@@H]2C(=O)Nc2ccc(N(CC)CC)cc2)[C@@H]1C(=O)OCC. The number of rotatable bonds is 13. The van der Waals surface area contributed by atoms with Gasteiger partial charge in [-0.2, -0.15) is 0 Å². The lowest BCUT2D eigenvalue weighted by Crippen LogP contribution is -2.52. The molecule has 8 nitrogen and oxygen atoms in total. The van der Waals surface area contributed by atoms with Crippen molar-refractivity contribution in [2.45, 2.75) is 72.9 Å². The predicted molar refractivity (Wildman–Crippen MR) is 154 cm³/mol. The molecule has 8 heteroatoms. The van der Waals surface area contributed by atoms with Crippen molar-refractivity contribution in [1.82, 2.24) is 4.90 Å². The number of hydrogen-bond acceptors (Lipinski definition) is 6. The van der Waals surface area contributed by atoms with Crippen molar-refractivity contribution in [2.24, 2.45) is 29.6 Å². The number of ether oxygens (including phenoxy) is 1. The maximum atomic E-state index is 14.2. The molecule has 1 heterocycles. The molecule has 216 valence electrons. The zero-order valence-electron chi connectivity index (χ0n) is 24.4. The summed E-state index contributed by atoms with van der Waals surface area (Å²) in [4.78, 5) is 45.2. The summed E-state index contributed by atoms with van der Waals surface area (Å²) in [6.45, 7) is 13.7. The van der Waals surface area contributed by atoms with Crippen molar-refractivity contribution in [1.29, 1.82) is 0 Å². The third-order valence-electron chi connectivity index (χ3n) is 8.61. The molecule has 1 aliphatic heterocycles. The summed E-state index contributed by atoms with van der Waals surface area (Å²) in [6.07, 6.45) is 6.30. The van der Waals surface area contributed by atoms with Gasteiger partial charge in [-0.25, -0.2) is 0 Å². The van der Waals surface area contributed by atoms with Gasteiger partial charge in [-0.1, -0.05) is 45.8 Å². The van der Waals surface area contributed by atoms with Crippen LogP contribution in [0.2, 0.25) is 0 Å². The third-order valence-corrected chi connectivity index (χ3v) is 8.61. The summed E-state index contributed by atoms with van der Waals surface area (Å²) in [6, 6.07) is 6.33. The van der Waals surface area contributed by atoms with Crippen molar-refractivity contribution in [2.75, 3.05) is 36.5 Å². The molecular weight excluding hydrogens is 494 g/mol. The van der Waals surface area contributed by atoms with Gasteiger partial charge < -0.3 is 25.0 Å². The summed E-state index contributed by atoms with van der Waals surface area (Å²) in [5.74, 6) is -2.96. The van der Waals surface area contributed by atoms with Gasteiger partial charge in [0.2, 0.25) is 11.8 Å². The fourth-order valence-corrected chi connectivity index (χ4v) is 6.35. The lowest BCUT2D eigenvalue weighted by atomic mass is 9.69. The number of carbonyl (C=O) groups is 3. The number of amides is 2. The zero-order chi connectivity index (χ0) is 28.7. The van der Waals surface area contributed by atoms with Crippen LogP contribution < -0.4 is 10.2 Å². The number of allylic oxidation sites excluding steroid dienone is 1. The van der Waals surface area contributed by atoms with E-state index in [2.05, 4.69) is 31.0 Å². The van der Waals surface area contributed by atoms with Crippen molar-refractivity contribution in [3.8, 4) is 0 Å². The summed E-state index contributed by atoms with van der Waals surface area (Å²) in [5.41, 5.74) is 1.71. The number of carbonyl (C=O) groups excluding carboxylic acids is 3. The molecule has 2 N–H and O–H groups in total. The van der Waals surface area contributed by atoms with E-state index in [0.29, 0.717) is 5.69 Å². The Morgan fingerprint density at radius 2 is 1.74 bits per heavy atom. The fraction of sp³-hybridized carbons (Fsp3) is 0.645. The number of benzene rings is 1. The minimum Gasteiger partial charge on any atom is -0.466 e. The highest BCUT2D eigenvalue weighted by atomic mass is 16.5. The Kier molecular flexibility index (Phi) is 11.0. The molecule has 0 spiro atoms. The molecule has 1 aliphatic carbocycles. The zero-order valence-corrected chi connectivity index (χ0v) is 24.4. The van der Waals surface area contributed by atoms with E-state index in [4.69, 9.17) is 4.74 Å². The number of esters is 1. The van der Waals surface area contributed by atoms with Gasteiger partial charge >= 0.3 is 5.97 Å². The van der Waals surface area contributed by atoms with E-state index in [0.717, 1.165) is 38.0 Å². The van der Waals surface area contributed by atoms with E-state index in [1.807, 2.05) is 50.3 Å². The van der Waals surface area contributed by atoms with E-state index >= 15 is 0 Å². The largest absolute Gasteiger partial charge is 0.466 e. The molecule has 1 saturated heterocycles.